The van der Waals surface area contributed by atoms with Crippen LogP contribution in [0.4, 0.5) is 10.5 Å². The Kier molecular flexibility index (Phi) is 6.77. The van der Waals surface area contributed by atoms with Gasteiger partial charge in [-0.15, -0.1) is 0 Å². The molecule has 1 atom stereocenters. The molecule has 2 amide bonds. The number of rotatable bonds is 7. The Hall–Kier alpha value is -3.28. The van der Waals surface area contributed by atoms with Crippen LogP contribution in [0, 0.1) is 19.8 Å². The molecule has 0 aliphatic carbocycles. The highest BCUT2D eigenvalue weighted by Gasteiger charge is 2.24. The topological polar surface area (TPSA) is 83.2 Å². The van der Waals surface area contributed by atoms with Crippen LogP contribution < -0.4 is 10.6 Å². The fraction of sp³-hybridized carbons (Fsp3) is 0.333. The molecule has 0 saturated carbocycles. The van der Waals surface area contributed by atoms with Crippen molar-refractivity contribution in [1.82, 2.24) is 10.3 Å². The smallest absolute Gasteiger partial charge is 0.407 e. The van der Waals surface area contributed by atoms with Crippen molar-refractivity contribution in [2.45, 2.75) is 40.2 Å². The van der Waals surface area contributed by atoms with Crippen molar-refractivity contribution >= 4 is 28.6 Å². The Labute approximate surface area is 177 Å². The summed E-state index contributed by atoms with van der Waals surface area (Å²) in [7, 11) is 0. The maximum Gasteiger partial charge on any atom is 0.407 e. The van der Waals surface area contributed by atoms with Crippen molar-refractivity contribution in [2.24, 2.45) is 5.92 Å². The first-order valence-electron chi connectivity index (χ1n) is 10.2. The van der Waals surface area contributed by atoms with E-state index in [4.69, 9.17) is 4.74 Å². The standard InChI is InChI=1S/C24H29N3O3/c1-15(2)14-30-24(29)27-22(12-18-13-25-21-8-6-5-7-20(18)21)23(28)26-19-10-16(3)9-17(4)11-19/h5-11,13,15,22,25H,12,14H2,1-4H3,(H,26,28)(H,27,29)/t22-/m1/s1. The van der Waals surface area contributed by atoms with Crippen molar-refractivity contribution in [3.63, 3.8) is 0 Å². The average molecular weight is 408 g/mol. The Balaban J connectivity index is 1.80. The van der Waals surface area contributed by atoms with E-state index in [2.05, 4.69) is 15.6 Å². The lowest BCUT2D eigenvalue weighted by Gasteiger charge is -2.19. The van der Waals surface area contributed by atoms with E-state index >= 15 is 0 Å². The van der Waals surface area contributed by atoms with Gasteiger partial charge in [0, 0.05) is 29.2 Å². The normalized spacial score (nSPS) is 12.0. The van der Waals surface area contributed by atoms with Gasteiger partial charge < -0.3 is 20.4 Å². The third-order valence-electron chi connectivity index (χ3n) is 4.74. The molecule has 0 unspecified atom stereocenters. The lowest BCUT2D eigenvalue weighted by molar-refractivity contribution is -0.118. The number of aromatic nitrogens is 1. The number of nitrogens with one attached hydrogen (secondary N) is 3. The van der Waals surface area contributed by atoms with E-state index in [1.807, 2.05) is 76.4 Å². The number of amides is 2. The van der Waals surface area contributed by atoms with Crippen molar-refractivity contribution in [3.05, 3.63) is 65.4 Å². The van der Waals surface area contributed by atoms with Crippen LogP contribution in [0.25, 0.3) is 10.9 Å². The predicted octanol–water partition coefficient (Wildman–Crippen LogP) is 4.72. The Morgan fingerprint density at radius 1 is 1.07 bits per heavy atom. The lowest BCUT2D eigenvalue weighted by Crippen LogP contribution is -2.45. The Morgan fingerprint density at radius 3 is 2.47 bits per heavy atom. The third-order valence-corrected chi connectivity index (χ3v) is 4.74. The summed E-state index contributed by atoms with van der Waals surface area (Å²) >= 11 is 0. The second kappa shape index (κ2) is 9.48. The summed E-state index contributed by atoms with van der Waals surface area (Å²) < 4.78 is 5.24. The second-order valence-electron chi connectivity index (χ2n) is 8.12. The van der Waals surface area contributed by atoms with Gasteiger partial charge in [-0.25, -0.2) is 4.79 Å². The molecule has 0 aliphatic heterocycles. The van der Waals surface area contributed by atoms with E-state index in [0.717, 1.165) is 27.6 Å². The molecule has 6 heteroatoms. The molecule has 0 fully saturated rings. The van der Waals surface area contributed by atoms with Crippen LogP contribution in [0.1, 0.15) is 30.5 Å². The van der Waals surface area contributed by atoms with Gasteiger partial charge in [0.25, 0.3) is 0 Å². The van der Waals surface area contributed by atoms with Crippen LogP contribution in [-0.4, -0.2) is 29.6 Å². The number of benzene rings is 2. The quantitative estimate of drug-likeness (QED) is 0.530. The number of alkyl carbamates (subject to hydrolysis) is 1. The third kappa shape index (κ3) is 5.63. The Bertz CT molecular complexity index is 1020. The molecule has 0 bridgehead atoms. The van der Waals surface area contributed by atoms with Gasteiger partial charge in [0.15, 0.2) is 0 Å². The first-order valence-corrected chi connectivity index (χ1v) is 10.2. The zero-order chi connectivity index (χ0) is 21.7. The summed E-state index contributed by atoms with van der Waals surface area (Å²) in [4.78, 5) is 28.6. The molecule has 0 saturated heterocycles. The van der Waals surface area contributed by atoms with Crippen molar-refractivity contribution in [1.29, 1.82) is 0 Å². The summed E-state index contributed by atoms with van der Waals surface area (Å²) in [5, 5.41) is 6.70. The molecular weight excluding hydrogens is 378 g/mol. The maximum absolute atomic E-state index is 13.1. The molecule has 3 rings (SSSR count). The molecule has 6 nitrogen and oxygen atoms in total. The molecule has 158 valence electrons. The highest BCUT2D eigenvalue weighted by Crippen LogP contribution is 2.20. The zero-order valence-electron chi connectivity index (χ0n) is 17.9. The monoisotopic (exact) mass is 407 g/mol. The number of hydrogen-bond donors (Lipinski definition) is 3. The first-order chi connectivity index (χ1) is 14.3. The number of H-pyrrole nitrogens is 1. The van der Waals surface area contributed by atoms with Gasteiger partial charge >= 0.3 is 6.09 Å². The van der Waals surface area contributed by atoms with Gasteiger partial charge in [0.1, 0.15) is 6.04 Å². The molecule has 1 aromatic heterocycles. The lowest BCUT2D eigenvalue weighted by atomic mass is 10.0. The average Bonchev–Trinajstić information content (AvgIpc) is 3.08. The highest BCUT2D eigenvalue weighted by atomic mass is 16.5. The van der Waals surface area contributed by atoms with E-state index in [9.17, 15) is 9.59 Å². The van der Waals surface area contributed by atoms with Gasteiger partial charge in [0.05, 0.1) is 6.61 Å². The van der Waals surface area contributed by atoms with Gasteiger partial charge in [-0.1, -0.05) is 38.1 Å². The SMILES string of the molecule is Cc1cc(C)cc(NC(=O)[C@@H](Cc2c[nH]c3ccccc23)NC(=O)OCC(C)C)c1. The summed E-state index contributed by atoms with van der Waals surface area (Å²) in [5.41, 5.74) is 4.77. The number of aromatic amines is 1. The molecule has 0 aliphatic rings. The molecule has 3 aromatic rings. The van der Waals surface area contributed by atoms with Crippen LogP contribution in [0.3, 0.4) is 0 Å². The fourth-order valence-corrected chi connectivity index (χ4v) is 3.43. The minimum atomic E-state index is -0.773. The van der Waals surface area contributed by atoms with Crippen LogP contribution in [-0.2, 0) is 16.0 Å². The van der Waals surface area contributed by atoms with Gasteiger partial charge in [0.2, 0.25) is 5.91 Å². The number of anilines is 1. The molecule has 1 heterocycles. The van der Waals surface area contributed by atoms with Crippen LogP contribution in [0.5, 0.6) is 0 Å². The minimum absolute atomic E-state index is 0.215. The predicted molar refractivity (Wildman–Crippen MR) is 120 cm³/mol. The van der Waals surface area contributed by atoms with Gasteiger partial charge in [-0.05, 0) is 54.7 Å². The van der Waals surface area contributed by atoms with E-state index < -0.39 is 12.1 Å². The summed E-state index contributed by atoms with van der Waals surface area (Å²) in [6.45, 7) is 8.18. The number of carbonyl (C=O) groups is 2. The van der Waals surface area contributed by atoms with Crippen molar-refractivity contribution < 1.29 is 14.3 Å². The molecule has 0 spiro atoms. The van der Waals surface area contributed by atoms with Crippen LogP contribution in [0.15, 0.2) is 48.7 Å². The van der Waals surface area contributed by atoms with E-state index in [1.54, 1.807) is 0 Å². The summed E-state index contributed by atoms with van der Waals surface area (Å²) in [6, 6.07) is 13.0. The number of fused-ring (bicyclic) bond motifs is 1. The van der Waals surface area contributed by atoms with Gasteiger partial charge in [-0.2, -0.15) is 0 Å². The van der Waals surface area contributed by atoms with E-state index in [1.165, 1.54) is 0 Å². The number of hydrogen-bond acceptors (Lipinski definition) is 3. The molecule has 3 N–H and O–H groups in total. The van der Waals surface area contributed by atoms with Gasteiger partial charge in [-0.3, -0.25) is 4.79 Å². The molecule has 30 heavy (non-hydrogen) atoms. The summed E-state index contributed by atoms with van der Waals surface area (Å²) in [6.07, 6.45) is 1.63. The minimum Gasteiger partial charge on any atom is -0.449 e. The summed E-state index contributed by atoms with van der Waals surface area (Å²) in [5.74, 6) is -0.0707. The van der Waals surface area contributed by atoms with Crippen molar-refractivity contribution in [2.75, 3.05) is 11.9 Å². The van der Waals surface area contributed by atoms with Crippen molar-refractivity contribution in [3.8, 4) is 0 Å². The number of para-hydroxylation sites is 1. The number of aryl methyl sites for hydroxylation is 2. The molecular formula is C24H29N3O3. The van der Waals surface area contributed by atoms with Crippen LogP contribution >= 0.6 is 0 Å². The highest BCUT2D eigenvalue weighted by molar-refractivity contribution is 5.97. The zero-order valence-corrected chi connectivity index (χ0v) is 17.9. The first kappa shape index (κ1) is 21.4. The maximum atomic E-state index is 13.1. The number of carbonyl (C=O) groups excluding carboxylic acids is 2. The number of ether oxygens (including phenoxy) is 1. The molecule has 2 aromatic carbocycles. The molecule has 0 radical (unpaired) electrons. The van der Waals surface area contributed by atoms with Crippen LogP contribution in [0.2, 0.25) is 0 Å². The second-order valence-corrected chi connectivity index (χ2v) is 8.12. The Morgan fingerprint density at radius 2 is 1.77 bits per heavy atom. The van der Waals surface area contributed by atoms with E-state index in [0.29, 0.717) is 18.7 Å². The largest absolute Gasteiger partial charge is 0.449 e. The fourth-order valence-electron chi connectivity index (χ4n) is 3.43. The van der Waals surface area contributed by atoms with E-state index in [-0.39, 0.29) is 11.8 Å².